The van der Waals surface area contributed by atoms with E-state index in [-0.39, 0.29) is 0 Å². The van der Waals surface area contributed by atoms with Gasteiger partial charge in [0.2, 0.25) is 5.88 Å². The molecule has 0 atom stereocenters. The Hall–Kier alpha value is -2.18. The van der Waals surface area contributed by atoms with Gasteiger partial charge in [0.05, 0.1) is 5.56 Å². The lowest BCUT2D eigenvalue weighted by Crippen LogP contribution is -2.30. The Kier molecular flexibility index (Phi) is 5.82. The molecule has 1 N–H and O–H groups in total. The third-order valence-electron chi connectivity index (χ3n) is 3.03. The van der Waals surface area contributed by atoms with Crippen molar-refractivity contribution < 1.29 is 34.2 Å². The summed E-state index contributed by atoms with van der Waals surface area (Å²) in [5.74, 6) is -0.540. The van der Waals surface area contributed by atoms with E-state index in [0.29, 0.717) is 12.1 Å². The highest BCUT2D eigenvalue weighted by molar-refractivity contribution is 7.89. The molecule has 0 aliphatic rings. The smallest absolute Gasteiger partial charge is 0.358 e. The molecule has 7 nitrogen and oxygen atoms in total. The van der Waals surface area contributed by atoms with Gasteiger partial charge < -0.3 is 4.18 Å². The van der Waals surface area contributed by atoms with Crippen molar-refractivity contribution in [3.63, 3.8) is 0 Å². The monoisotopic (exact) mass is 424 g/mol. The maximum Gasteiger partial charge on any atom is 0.416 e. The fourth-order valence-corrected chi connectivity index (χ4v) is 4.03. The lowest BCUT2D eigenvalue weighted by Gasteiger charge is -2.11. The van der Waals surface area contributed by atoms with Crippen molar-refractivity contribution in [3.05, 3.63) is 48.0 Å². The van der Waals surface area contributed by atoms with Crippen LogP contribution in [0.25, 0.3) is 0 Å². The molecule has 1 aromatic heterocycles. The first-order valence-corrected chi connectivity index (χ1v) is 10.3. The molecule has 0 aliphatic heterocycles. The van der Waals surface area contributed by atoms with Gasteiger partial charge in [-0.15, -0.1) is 0 Å². The Morgan fingerprint density at radius 1 is 1.00 bits per heavy atom. The van der Waals surface area contributed by atoms with E-state index in [9.17, 15) is 30.0 Å². The summed E-state index contributed by atoms with van der Waals surface area (Å²) in [7, 11) is -8.49. The summed E-state index contributed by atoms with van der Waals surface area (Å²) in [5.41, 5.74) is -1.02. The normalized spacial score (nSPS) is 13.0. The SMILES string of the molecule is CC(C)NS(=O)(=O)c1cccc(OS(=O)(=O)c2ccc(C(F)(F)F)cc2)n1. The number of aromatic nitrogens is 1. The second-order valence-corrected chi connectivity index (χ2v) is 8.86. The number of pyridine rings is 1. The summed E-state index contributed by atoms with van der Waals surface area (Å²) in [4.78, 5) is 3.10. The lowest BCUT2D eigenvalue weighted by molar-refractivity contribution is -0.137. The van der Waals surface area contributed by atoms with E-state index in [4.69, 9.17) is 4.18 Å². The predicted molar refractivity (Wildman–Crippen MR) is 89.0 cm³/mol. The Morgan fingerprint density at radius 2 is 1.59 bits per heavy atom. The molecular weight excluding hydrogens is 409 g/mol. The molecule has 148 valence electrons. The molecule has 0 fully saturated rings. The number of benzene rings is 1. The molecule has 0 amide bonds. The van der Waals surface area contributed by atoms with Crippen molar-refractivity contribution >= 4 is 20.1 Å². The van der Waals surface area contributed by atoms with E-state index in [0.717, 1.165) is 24.3 Å². The molecule has 0 aliphatic carbocycles. The minimum atomic E-state index is -4.61. The molecule has 0 radical (unpaired) electrons. The van der Waals surface area contributed by atoms with E-state index in [1.165, 1.54) is 6.07 Å². The zero-order valence-electron chi connectivity index (χ0n) is 14.1. The first-order chi connectivity index (χ1) is 12.3. The van der Waals surface area contributed by atoms with E-state index < -0.39 is 53.7 Å². The molecule has 1 aromatic carbocycles. The average Bonchev–Trinajstić information content (AvgIpc) is 2.53. The van der Waals surface area contributed by atoms with Crippen LogP contribution < -0.4 is 8.91 Å². The number of hydrogen-bond acceptors (Lipinski definition) is 6. The topological polar surface area (TPSA) is 102 Å². The minimum Gasteiger partial charge on any atom is -0.358 e. The zero-order valence-corrected chi connectivity index (χ0v) is 15.7. The van der Waals surface area contributed by atoms with Crippen LogP contribution in [0, 0.1) is 0 Å². The minimum absolute atomic E-state index is 0.419. The Balaban J connectivity index is 2.29. The molecule has 27 heavy (non-hydrogen) atoms. The molecule has 2 rings (SSSR count). The van der Waals surface area contributed by atoms with Crippen LogP contribution in [0.15, 0.2) is 52.4 Å². The van der Waals surface area contributed by atoms with Gasteiger partial charge in [-0.25, -0.2) is 13.1 Å². The standard InChI is InChI=1S/C15H15F3N2O5S2/c1-10(2)20-26(21,22)14-5-3-4-13(19-14)25-27(23,24)12-8-6-11(7-9-12)15(16,17)18/h3-10,20H,1-2H3. The maximum absolute atomic E-state index is 12.6. The van der Waals surface area contributed by atoms with Crippen molar-refractivity contribution in [2.75, 3.05) is 0 Å². The van der Waals surface area contributed by atoms with Crippen LogP contribution in [-0.2, 0) is 26.3 Å². The van der Waals surface area contributed by atoms with Crippen LogP contribution in [0.3, 0.4) is 0 Å². The van der Waals surface area contributed by atoms with Crippen molar-refractivity contribution in [2.24, 2.45) is 0 Å². The van der Waals surface area contributed by atoms with Crippen molar-refractivity contribution in [1.29, 1.82) is 0 Å². The number of nitrogens with zero attached hydrogens (tertiary/aromatic N) is 1. The first kappa shape index (κ1) is 21.1. The largest absolute Gasteiger partial charge is 0.416 e. The summed E-state index contributed by atoms with van der Waals surface area (Å²) in [6.45, 7) is 3.18. The summed E-state index contributed by atoms with van der Waals surface area (Å²) in [6.07, 6.45) is -4.61. The number of rotatable bonds is 6. The summed E-state index contributed by atoms with van der Waals surface area (Å²) >= 11 is 0. The van der Waals surface area contributed by atoms with Crippen molar-refractivity contribution in [1.82, 2.24) is 9.71 Å². The summed E-state index contributed by atoms with van der Waals surface area (Å²) in [5, 5.41) is -0.462. The number of halogens is 3. The second kappa shape index (κ2) is 7.44. The van der Waals surface area contributed by atoms with Crippen LogP contribution in [-0.4, -0.2) is 27.9 Å². The Bertz CT molecular complexity index is 1020. The first-order valence-electron chi connectivity index (χ1n) is 7.42. The number of alkyl halides is 3. The second-order valence-electron chi connectivity index (χ2n) is 5.65. The molecule has 0 spiro atoms. The quantitative estimate of drug-likeness (QED) is 0.715. The molecule has 1 heterocycles. The van der Waals surface area contributed by atoms with E-state index in [2.05, 4.69) is 9.71 Å². The fourth-order valence-electron chi connectivity index (χ4n) is 1.93. The molecule has 2 aromatic rings. The van der Waals surface area contributed by atoms with Crippen LogP contribution >= 0.6 is 0 Å². The average molecular weight is 424 g/mol. The lowest BCUT2D eigenvalue weighted by atomic mass is 10.2. The zero-order chi connectivity index (χ0) is 20.5. The third kappa shape index (κ3) is 5.40. The predicted octanol–water partition coefficient (Wildman–Crippen LogP) is 2.55. The Labute approximate surface area is 154 Å². The van der Waals surface area contributed by atoms with Gasteiger partial charge in [-0.2, -0.15) is 26.6 Å². The summed E-state index contributed by atoms with van der Waals surface area (Å²) in [6, 6.07) is 5.71. The van der Waals surface area contributed by atoms with Gasteiger partial charge in [-0.05, 0) is 44.2 Å². The molecule has 0 bridgehead atoms. The highest BCUT2D eigenvalue weighted by atomic mass is 32.2. The summed E-state index contributed by atoms with van der Waals surface area (Å²) < 4.78 is 93.2. The van der Waals surface area contributed by atoms with Crippen LogP contribution in [0.1, 0.15) is 19.4 Å². The number of sulfonamides is 1. The Morgan fingerprint density at radius 3 is 2.11 bits per heavy atom. The van der Waals surface area contributed by atoms with Gasteiger partial charge in [0.25, 0.3) is 10.0 Å². The van der Waals surface area contributed by atoms with Crippen LogP contribution in [0.2, 0.25) is 0 Å². The van der Waals surface area contributed by atoms with E-state index in [1.807, 2.05) is 0 Å². The fraction of sp³-hybridized carbons (Fsp3) is 0.267. The van der Waals surface area contributed by atoms with Gasteiger partial charge in [0, 0.05) is 12.1 Å². The maximum atomic E-state index is 12.6. The third-order valence-corrected chi connectivity index (χ3v) is 5.83. The van der Waals surface area contributed by atoms with E-state index in [1.54, 1.807) is 13.8 Å². The molecule has 0 unspecified atom stereocenters. The molecule has 0 saturated carbocycles. The number of nitrogens with one attached hydrogen (secondary N) is 1. The molecule has 0 saturated heterocycles. The number of hydrogen-bond donors (Lipinski definition) is 1. The molecule has 12 heteroatoms. The van der Waals surface area contributed by atoms with Gasteiger partial charge >= 0.3 is 16.3 Å². The van der Waals surface area contributed by atoms with Crippen LogP contribution in [0.5, 0.6) is 5.88 Å². The molecular formula is C15H15F3N2O5S2. The van der Waals surface area contributed by atoms with Gasteiger partial charge in [0.15, 0.2) is 5.03 Å². The van der Waals surface area contributed by atoms with Gasteiger partial charge in [-0.3, -0.25) is 0 Å². The van der Waals surface area contributed by atoms with Gasteiger partial charge in [-0.1, -0.05) is 6.07 Å². The highest BCUT2D eigenvalue weighted by Gasteiger charge is 2.31. The van der Waals surface area contributed by atoms with Crippen molar-refractivity contribution in [2.45, 2.75) is 36.0 Å². The van der Waals surface area contributed by atoms with Crippen LogP contribution in [0.4, 0.5) is 13.2 Å². The van der Waals surface area contributed by atoms with Crippen molar-refractivity contribution in [3.8, 4) is 5.88 Å². The van der Waals surface area contributed by atoms with Gasteiger partial charge in [0.1, 0.15) is 4.90 Å². The van der Waals surface area contributed by atoms with E-state index >= 15 is 0 Å². The highest BCUT2D eigenvalue weighted by Crippen LogP contribution is 2.30.